The molecular weight excluding hydrogens is 246 g/mol. The average molecular weight is 261 g/mol. The van der Waals surface area contributed by atoms with Crippen molar-refractivity contribution in [2.45, 2.75) is 44.4 Å². The lowest BCUT2D eigenvalue weighted by Crippen LogP contribution is -2.30. The topological polar surface area (TPSA) is 47.0 Å². The van der Waals surface area contributed by atoms with Gasteiger partial charge in [0.25, 0.3) is 0 Å². The Hall–Kier alpha value is -1.20. The Morgan fingerprint density at radius 2 is 2.33 bits per heavy atom. The van der Waals surface area contributed by atoms with Crippen LogP contribution in [-0.4, -0.2) is 28.2 Å². The summed E-state index contributed by atoms with van der Waals surface area (Å²) < 4.78 is 7.04. The van der Waals surface area contributed by atoms with E-state index in [-0.39, 0.29) is 0 Å². The Balaban J connectivity index is 1.67. The Morgan fingerprint density at radius 1 is 1.39 bits per heavy atom. The largest absolute Gasteiger partial charge is 0.373 e. The van der Waals surface area contributed by atoms with Crippen LogP contribution in [0.15, 0.2) is 11.7 Å². The summed E-state index contributed by atoms with van der Waals surface area (Å²) in [6.45, 7) is 2.09. The molecule has 0 aromatic carbocycles. The molecule has 0 aliphatic carbocycles. The van der Waals surface area contributed by atoms with E-state index in [4.69, 9.17) is 4.74 Å². The lowest BCUT2D eigenvalue weighted by atomic mass is 9.95. The zero-order valence-corrected chi connectivity index (χ0v) is 11.0. The molecule has 18 heavy (non-hydrogen) atoms. The maximum absolute atomic E-state index is 5.87. The Labute approximate surface area is 109 Å². The zero-order chi connectivity index (χ0) is 12.1. The molecule has 2 aromatic rings. The van der Waals surface area contributed by atoms with Gasteiger partial charge in [-0.25, -0.2) is 9.97 Å². The number of nitrogens with one attached hydrogen (secondary N) is 1. The van der Waals surface area contributed by atoms with Crippen LogP contribution in [0.25, 0.3) is 10.2 Å². The van der Waals surface area contributed by atoms with Crippen LogP contribution in [0.5, 0.6) is 0 Å². The molecule has 4 rings (SSSR count). The molecule has 94 valence electrons. The summed E-state index contributed by atoms with van der Waals surface area (Å²) in [5.41, 5.74) is 2.30. The summed E-state index contributed by atoms with van der Waals surface area (Å²) >= 11 is 1.72. The van der Waals surface area contributed by atoms with E-state index in [9.17, 15) is 0 Å². The van der Waals surface area contributed by atoms with Gasteiger partial charge in [0.2, 0.25) is 0 Å². The maximum atomic E-state index is 5.87. The standard InChI is InChI=1S/C13H15N3OS/c1-7-5-18-12-11(7)14-6-15-13(12)16-9-4-8-2-3-10(9)17-8/h5-6,8-10H,2-4H2,1H3,(H,14,15,16). The fraction of sp³-hybridized carbons (Fsp3) is 0.538. The molecule has 5 heteroatoms. The number of nitrogens with zero attached hydrogens (tertiary/aromatic N) is 2. The second kappa shape index (κ2) is 3.90. The third kappa shape index (κ3) is 1.54. The van der Waals surface area contributed by atoms with Crippen LogP contribution in [0, 0.1) is 6.92 Å². The molecule has 0 radical (unpaired) electrons. The van der Waals surface area contributed by atoms with Gasteiger partial charge in [-0.15, -0.1) is 11.3 Å². The van der Waals surface area contributed by atoms with Crippen molar-refractivity contribution in [1.29, 1.82) is 0 Å². The molecule has 2 aliphatic rings. The SMILES string of the molecule is Cc1csc2c(NC3CC4CCC3O4)ncnc12. The summed E-state index contributed by atoms with van der Waals surface area (Å²) in [7, 11) is 0. The van der Waals surface area contributed by atoms with Gasteiger partial charge in [-0.05, 0) is 37.1 Å². The predicted octanol–water partition coefficient (Wildman–Crippen LogP) is 2.73. The number of hydrogen-bond donors (Lipinski definition) is 1. The number of anilines is 1. The number of aryl methyl sites for hydroxylation is 1. The van der Waals surface area contributed by atoms with E-state index < -0.39 is 0 Å². The van der Waals surface area contributed by atoms with E-state index in [0.717, 1.165) is 22.5 Å². The van der Waals surface area contributed by atoms with Crippen LogP contribution < -0.4 is 5.32 Å². The Bertz CT molecular complexity index is 597. The number of fused-ring (bicyclic) bond motifs is 3. The summed E-state index contributed by atoms with van der Waals surface area (Å²) in [4.78, 5) is 8.75. The number of ether oxygens (including phenoxy) is 1. The molecule has 2 bridgehead atoms. The third-order valence-corrected chi connectivity index (χ3v) is 5.05. The van der Waals surface area contributed by atoms with Gasteiger partial charge >= 0.3 is 0 Å². The number of hydrogen-bond acceptors (Lipinski definition) is 5. The average Bonchev–Trinajstić information content (AvgIpc) is 3.06. The van der Waals surface area contributed by atoms with Crippen molar-refractivity contribution in [1.82, 2.24) is 9.97 Å². The van der Waals surface area contributed by atoms with Crippen LogP contribution in [0.3, 0.4) is 0 Å². The van der Waals surface area contributed by atoms with Gasteiger partial charge in [0.05, 0.1) is 28.5 Å². The molecule has 4 heterocycles. The Kier molecular flexibility index (Phi) is 2.32. The van der Waals surface area contributed by atoms with Crippen LogP contribution in [0.2, 0.25) is 0 Å². The van der Waals surface area contributed by atoms with Crippen molar-refractivity contribution >= 4 is 27.4 Å². The smallest absolute Gasteiger partial charge is 0.147 e. The van der Waals surface area contributed by atoms with Crippen LogP contribution in [-0.2, 0) is 4.74 Å². The summed E-state index contributed by atoms with van der Waals surface area (Å²) in [6.07, 6.45) is 6.01. The number of rotatable bonds is 2. The molecule has 2 aliphatic heterocycles. The first kappa shape index (κ1) is 10.7. The second-order valence-corrected chi connectivity index (χ2v) is 6.06. The van der Waals surface area contributed by atoms with E-state index in [1.807, 2.05) is 0 Å². The normalized spacial score (nSPS) is 30.2. The molecular formula is C13H15N3OS. The van der Waals surface area contributed by atoms with Gasteiger partial charge in [0.15, 0.2) is 0 Å². The van der Waals surface area contributed by atoms with E-state index in [0.29, 0.717) is 18.2 Å². The summed E-state index contributed by atoms with van der Waals surface area (Å²) in [6, 6.07) is 0.421. The predicted molar refractivity (Wildman–Crippen MR) is 72.1 cm³/mol. The Morgan fingerprint density at radius 3 is 3.11 bits per heavy atom. The molecule has 0 spiro atoms. The first-order chi connectivity index (χ1) is 8.81. The summed E-state index contributed by atoms with van der Waals surface area (Å²) in [5, 5.41) is 5.70. The minimum absolute atomic E-state index is 0.376. The third-order valence-electron chi connectivity index (χ3n) is 3.96. The van der Waals surface area contributed by atoms with Crippen LogP contribution in [0.1, 0.15) is 24.8 Å². The molecule has 0 amide bonds. The van der Waals surface area contributed by atoms with E-state index >= 15 is 0 Å². The fourth-order valence-corrected chi connectivity index (χ4v) is 3.99. The number of aromatic nitrogens is 2. The van der Waals surface area contributed by atoms with Crippen molar-refractivity contribution in [3.8, 4) is 0 Å². The van der Waals surface area contributed by atoms with E-state index in [1.54, 1.807) is 17.7 Å². The minimum atomic E-state index is 0.376. The van der Waals surface area contributed by atoms with Crippen LogP contribution >= 0.6 is 11.3 Å². The van der Waals surface area contributed by atoms with Crippen molar-refractivity contribution < 1.29 is 4.74 Å². The first-order valence-corrected chi connectivity index (χ1v) is 7.30. The molecule has 2 aromatic heterocycles. The van der Waals surface area contributed by atoms with Gasteiger partial charge in [-0.2, -0.15) is 0 Å². The molecule has 4 nitrogen and oxygen atoms in total. The number of thiophene rings is 1. The molecule has 3 atom stereocenters. The van der Waals surface area contributed by atoms with Crippen molar-refractivity contribution in [3.63, 3.8) is 0 Å². The monoisotopic (exact) mass is 261 g/mol. The highest BCUT2D eigenvalue weighted by Crippen LogP contribution is 2.37. The molecule has 1 N–H and O–H groups in total. The highest BCUT2D eigenvalue weighted by atomic mass is 32.1. The zero-order valence-electron chi connectivity index (χ0n) is 10.2. The molecule has 3 unspecified atom stereocenters. The molecule has 0 saturated carbocycles. The molecule has 2 saturated heterocycles. The van der Waals surface area contributed by atoms with E-state index in [1.165, 1.54) is 18.4 Å². The van der Waals surface area contributed by atoms with Gasteiger partial charge in [0.1, 0.15) is 12.1 Å². The van der Waals surface area contributed by atoms with Crippen LogP contribution in [0.4, 0.5) is 5.82 Å². The highest BCUT2D eigenvalue weighted by Gasteiger charge is 2.41. The van der Waals surface area contributed by atoms with Gasteiger partial charge < -0.3 is 10.1 Å². The van der Waals surface area contributed by atoms with Crippen molar-refractivity contribution in [2.24, 2.45) is 0 Å². The van der Waals surface area contributed by atoms with E-state index in [2.05, 4.69) is 27.6 Å². The fourth-order valence-electron chi connectivity index (χ4n) is 3.04. The van der Waals surface area contributed by atoms with Gasteiger partial charge in [-0.1, -0.05) is 0 Å². The highest BCUT2D eigenvalue weighted by molar-refractivity contribution is 7.18. The molecule has 2 fully saturated rings. The van der Waals surface area contributed by atoms with Crippen molar-refractivity contribution in [3.05, 3.63) is 17.3 Å². The summed E-state index contributed by atoms with van der Waals surface area (Å²) in [5.74, 6) is 0.972. The minimum Gasteiger partial charge on any atom is -0.373 e. The second-order valence-electron chi connectivity index (χ2n) is 5.18. The lowest BCUT2D eigenvalue weighted by Gasteiger charge is -2.20. The first-order valence-electron chi connectivity index (χ1n) is 6.42. The lowest BCUT2D eigenvalue weighted by molar-refractivity contribution is 0.102. The van der Waals surface area contributed by atoms with Crippen molar-refractivity contribution in [2.75, 3.05) is 5.32 Å². The maximum Gasteiger partial charge on any atom is 0.147 e. The van der Waals surface area contributed by atoms with Gasteiger partial charge in [0, 0.05) is 0 Å². The quantitative estimate of drug-likeness (QED) is 0.903. The van der Waals surface area contributed by atoms with Gasteiger partial charge in [-0.3, -0.25) is 0 Å².